The number of aromatic amines is 1. The number of nitrogens with one attached hydrogen (secondary N) is 1. The van der Waals surface area contributed by atoms with E-state index < -0.39 is 0 Å². The molecule has 0 bridgehead atoms. The Morgan fingerprint density at radius 2 is 2.14 bits per heavy atom. The zero-order valence-electron chi connectivity index (χ0n) is 7.92. The average molecular weight is 207 g/mol. The van der Waals surface area contributed by atoms with E-state index in [0.29, 0.717) is 5.88 Å². The summed E-state index contributed by atoms with van der Waals surface area (Å²) >= 11 is 5.85. The van der Waals surface area contributed by atoms with Gasteiger partial charge in [-0.2, -0.15) is 5.10 Å². The van der Waals surface area contributed by atoms with Crippen molar-refractivity contribution in [3.63, 3.8) is 0 Å². The van der Waals surface area contributed by atoms with Crippen LogP contribution >= 0.6 is 11.6 Å². The molecule has 0 atom stereocenters. The molecule has 0 amide bonds. The number of aromatic nitrogens is 2. The first-order valence-corrected chi connectivity index (χ1v) is 5.01. The van der Waals surface area contributed by atoms with Gasteiger partial charge in [-0.1, -0.05) is 24.3 Å². The highest BCUT2D eigenvalue weighted by Crippen LogP contribution is 2.23. The van der Waals surface area contributed by atoms with Crippen molar-refractivity contribution >= 4 is 11.6 Å². The Bertz CT molecular complexity index is 434. The fourth-order valence-electron chi connectivity index (χ4n) is 1.44. The fraction of sp³-hybridized carbons (Fsp3) is 0.182. The van der Waals surface area contributed by atoms with Crippen LogP contribution < -0.4 is 0 Å². The third kappa shape index (κ3) is 1.66. The maximum atomic E-state index is 5.85. The third-order valence-electron chi connectivity index (χ3n) is 2.14. The number of halogens is 1. The first-order chi connectivity index (χ1) is 6.81. The van der Waals surface area contributed by atoms with Crippen LogP contribution in [0.25, 0.3) is 11.3 Å². The number of hydrogen-bond acceptors (Lipinski definition) is 1. The first kappa shape index (κ1) is 9.28. The Hall–Kier alpha value is -1.28. The SMILES string of the molecule is Cc1cc(-c2ccccc2CCl)n[nH]1. The molecule has 1 heterocycles. The van der Waals surface area contributed by atoms with Gasteiger partial charge in [0.05, 0.1) is 5.69 Å². The molecule has 0 radical (unpaired) electrons. The summed E-state index contributed by atoms with van der Waals surface area (Å²) in [6.45, 7) is 1.99. The molecule has 1 N–H and O–H groups in total. The molecule has 3 heteroatoms. The Balaban J connectivity index is 2.50. The lowest BCUT2D eigenvalue weighted by atomic mass is 10.1. The molecule has 1 aromatic heterocycles. The summed E-state index contributed by atoms with van der Waals surface area (Å²) in [6, 6.07) is 10.1. The molecule has 0 aliphatic carbocycles. The molecule has 2 nitrogen and oxygen atoms in total. The van der Waals surface area contributed by atoms with Gasteiger partial charge in [-0.3, -0.25) is 5.10 Å². The van der Waals surface area contributed by atoms with E-state index in [0.717, 1.165) is 22.5 Å². The second-order valence-electron chi connectivity index (χ2n) is 3.23. The molecule has 0 aliphatic rings. The van der Waals surface area contributed by atoms with Crippen molar-refractivity contribution in [1.29, 1.82) is 0 Å². The van der Waals surface area contributed by atoms with E-state index in [9.17, 15) is 0 Å². The molecule has 72 valence electrons. The molecule has 0 saturated heterocycles. The number of benzene rings is 1. The van der Waals surface area contributed by atoms with Crippen molar-refractivity contribution in [1.82, 2.24) is 10.2 Å². The lowest BCUT2D eigenvalue weighted by Gasteiger charge is -2.02. The largest absolute Gasteiger partial charge is 0.282 e. The normalized spacial score (nSPS) is 10.4. The molecule has 0 saturated carbocycles. The Labute approximate surface area is 87.9 Å². The van der Waals surface area contributed by atoms with Gasteiger partial charge in [0.25, 0.3) is 0 Å². The van der Waals surface area contributed by atoms with Gasteiger partial charge in [0.1, 0.15) is 0 Å². The molecule has 0 spiro atoms. The highest BCUT2D eigenvalue weighted by atomic mass is 35.5. The van der Waals surface area contributed by atoms with Gasteiger partial charge in [-0.15, -0.1) is 11.6 Å². The topological polar surface area (TPSA) is 28.7 Å². The van der Waals surface area contributed by atoms with Crippen molar-refractivity contribution < 1.29 is 0 Å². The minimum absolute atomic E-state index is 0.516. The second kappa shape index (κ2) is 3.84. The number of H-pyrrole nitrogens is 1. The Morgan fingerprint density at radius 1 is 1.36 bits per heavy atom. The minimum Gasteiger partial charge on any atom is -0.282 e. The summed E-state index contributed by atoms with van der Waals surface area (Å²) in [6.07, 6.45) is 0. The van der Waals surface area contributed by atoms with E-state index in [1.54, 1.807) is 0 Å². The summed E-state index contributed by atoms with van der Waals surface area (Å²) < 4.78 is 0. The van der Waals surface area contributed by atoms with Gasteiger partial charge in [-0.25, -0.2) is 0 Å². The maximum Gasteiger partial charge on any atom is 0.0926 e. The molecule has 2 aromatic rings. The zero-order chi connectivity index (χ0) is 9.97. The lowest BCUT2D eigenvalue weighted by molar-refractivity contribution is 1.05. The lowest BCUT2D eigenvalue weighted by Crippen LogP contribution is -1.85. The van der Waals surface area contributed by atoms with Gasteiger partial charge in [0.15, 0.2) is 0 Å². The highest BCUT2D eigenvalue weighted by molar-refractivity contribution is 6.17. The van der Waals surface area contributed by atoms with Crippen LogP contribution in [0.5, 0.6) is 0 Å². The molecule has 0 unspecified atom stereocenters. The van der Waals surface area contributed by atoms with Gasteiger partial charge in [0.2, 0.25) is 0 Å². The van der Waals surface area contributed by atoms with Crippen LogP contribution in [0.15, 0.2) is 30.3 Å². The van der Waals surface area contributed by atoms with E-state index in [4.69, 9.17) is 11.6 Å². The molecule has 14 heavy (non-hydrogen) atoms. The van der Waals surface area contributed by atoms with Crippen LogP contribution in [0.3, 0.4) is 0 Å². The van der Waals surface area contributed by atoms with E-state index in [1.165, 1.54) is 0 Å². The van der Waals surface area contributed by atoms with Crippen LogP contribution in [0.4, 0.5) is 0 Å². The smallest absolute Gasteiger partial charge is 0.0926 e. The molecule has 1 aromatic carbocycles. The maximum absolute atomic E-state index is 5.85. The quantitative estimate of drug-likeness (QED) is 0.752. The summed E-state index contributed by atoms with van der Waals surface area (Å²) in [4.78, 5) is 0. The van der Waals surface area contributed by atoms with E-state index in [1.807, 2.05) is 37.3 Å². The summed E-state index contributed by atoms with van der Waals surface area (Å²) in [5, 5.41) is 7.14. The summed E-state index contributed by atoms with van der Waals surface area (Å²) in [5.41, 5.74) is 4.23. The van der Waals surface area contributed by atoms with Crippen molar-refractivity contribution in [3.8, 4) is 11.3 Å². The number of rotatable bonds is 2. The molecule has 0 aliphatic heterocycles. The highest BCUT2D eigenvalue weighted by Gasteiger charge is 2.05. The number of alkyl halides is 1. The van der Waals surface area contributed by atoms with Crippen molar-refractivity contribution in [2.24, 2.45) is 0 Å². The van der Waals surface area contributed by atoms with Crippen LogP contribution in [-0.2, 0) is 5.88 Å². The zero-order valence-corrected chi connectivity index (χ0v) is 8.67. The van der Waals surface area contributed by atoms with Crippen LogP contribution in [0.2, 0.25) is 0 Å². The van der Waals surface area contributed by atoms with Crippen LogP contribution in [0, 0.1) is 6.92 Å². The van der Waals surface area contributed by atoms with Crippen LogP contribution in [0.1, 0.15) is 11.3 Å². The van der Waals surface area contributed by atoms with Gasteiger partial charge < -0.3 is 0 Å². The molecular formula is C11H11ClN2. The fourth-order valence-corrected chi connectivity index (χ4v) is 1.68. The van der Waals surface area contributed by atoms with E-state index >= 15 is 0 Å². The third-order valence-corrected chi connectivity index (χ3v) is 2.43. The van der Waals surface area contributed by atoms with Crippen molar-refractivity contribution in [2.45, 2.75) is 12.8 Å². The first-order valence-electron chi connectivity index (χ1n) is 4.47. The standard InChI is InChI=1S/C11H11ClN2/c1-8-6-11(14-13-8)10-5-3-2-4-9(10)7-12/h2-6H,7H2,1H3,(H,13,14). The molecule has 2 rings (SSSR count). The molecular weight excluding hydrogens is 196 g/mol. The second-order valence-corrected chi connectivity index (χ2v) is 3.49. The minimum atomic E-state index is 0.516. The monoisotopic (exact) mass is 206 g/mol. The van der Waals surface area contributed by atoms with Gasteiger partial charge in [0, 0.05) is 17.1 Å². The van der Waals surface area contributed by atoms with Crippen molar-refractivity contribution in [3.05, 3.63) is 41.6 Å². The van der Waals surface area contributed by atoms with Gasteiger partial charge in [-0.05, 0) is 18.6 Å². The average Bonchev–Trinajstić information content (AvgIpc) is 2.65. The Morgan fingerprint density at radius 3 is 2.79 bits per heavy atom. The van der Waals surface area contributed by atoms with Gasteiger partial charge >= 0.3 is 0 Å². The predicted molar refractivity (Wildman–Crippen MR) is 58.3 cm³/mol. The van der Waals surface area contributed by atoms with Crippen LogP contribution in [-0.4, -0.2) is 10.2 Å². The summed E-state index contributed by atoms with van der Waals surface area (Å²) in [5.74, 6) is 0.516. The number of hydrogen-bond donors (Lipinski definition) is 1. The Kier molecular flexibility index (Phi) is 2.55. The van der Waals surface area contributed by atoms with E-state index in [2.05, 4.69) is 10.2 Å². The van der Waals surface area contributed by atoms with Crippen molar-refractivity contribution in [2.75, 3.05) is 0 Å². The summed E-state index contributed by atoms with van der Waals surface area (Å²) in [7, 11) is 0. The molecule has 0 fully saturated rings. The number of nitrogens with zero attached hydrogens (tertiary/aromatic N) is 1. The van der Waals surface area contributed by atoms with E-state index in [-0.39, 0.29) is 0 Å². The predicted octanol–water partition coefficient (Wildman–Crippen LogP) is 3.12. The number of aryl methyl sites for hydroxylation is 1.